The number of hydrogen-bond donors (Lipinski definition) is 2. The second-order valence-electron chi connectivity index (χ2n) is 9.96. The van der Waals surface area contributed by atoms with Crippen molar-refractivity contribution in [3.63, 3.8) is 0 Å². The molecule has 1 fully saturated rings. The monoisotopic (exact) mass is 612 g/mol. The molecule has 0 radical (unpaired) electrons. The van der Waals surface area contributed by atoms with Gasteiger partial charge in [0, 0.05) is 22.2 Å². The van der Waals surface area contributed by atoms with E-state index in [4.69, 9.17) is 4.99 Å². The molecule has 2 aromatic carbocycles. The molecule has 0 saturated carbocycles. The maximum Gasteiger partial charge on any atom is 0.236 e. The number of fused-ring (bicyclic) bond motifs is 1. The Kier molecular flexibility index (Phi) is 7.86. The second-order valence-corrected chi connectivity index (χ2v) is 12.5. The van der Waals surface area contributed by atoms with Crippen LogP contribution in [0.5, 0.6) is 0 Å². The number of aromatic nitrogens is 3. The standard InChI is InChI=1S/C31H29BrN6OS/c32-26-12-11-24(40-26)19-38(29-25-13-16-34-28(25)36-21-37-29)30(39)31(14-17-33-18-15-31)20-35-27(22-7-3-1-4-8-22)23-9-5-2-6-10-23/h1-13,16,21,33H,14-15,17-20H2,(H,34,36,37). The summed E-state index contributed by atoms with van der Waals surface area (Å²) in [4.78, 5) is 35.1. The van der Waals surface area contributed by atoms with Crippen molar-refractivity contribution in [1.82, 2.24) is 20.3 Å². The highest BCUT2D eigenvalue weighted by Gasteiger charge is 2.43. The number of aliphatic imine (C=N–C) groups is 1. The molecule has 0 bridgehead atoms. The first-order valence-corrected chi connectivity index (χ1v) is 14.9. The van der Waals surface area contributed by atoms with Crippen molar-refractivity contribution in [2.24, 2.45) is 10.4 Å². The number of carbonyl (C=O) groups excluding carboxylic acids is 1. The maximum absolute atomic E-state index is 14.8. The summed E-state index contributed by atoms with van der Waals surface area (Å²) in [6, 6.07) is 26.4. The first-order valence-electron chi connectivity index (χ1n) is 13.3. The molecule has 7 nitrogen and oxygen atoms in total. The lowest BCUT2D eigenvalue weighted by Crippen LogP contribution is -2.51. The third-order valence-corrected chi connectivity index (χ3v) is 9.03. The quantitative estimate of drug-likeness (QED) is 0.204. The number of thiophene rings is 1. The average Bonchev–Trinajstić information content (AvgIpc) is 3.66. The van der Waals surface area contributed by atoms with Gasteiger partial charge in [-0.1, -0.05) is 60.7 Å². The minimum absolute atomic E-state index is 0.0453. The summed E-state index contributed by atoms with van der Waals surface area (Å²) >= 11 is 5.21. The Hall–Kier alpha value is -3.66. The number of aromatic amines is 1. The van der Waals surface area contributed by atoms with Gasteiger partial charge in [-0.2, -0.15) is 0 Å². The highest BCUT2D eigenvalue weighted by Crippen LogP contribution is 2.37. The minimum atomic E-state index is -0.678. The van der Waals surface area contributed by atoms with E-state index in [9.17, 15) is 4.79 Å². The summed E-state index contributed by atoms with van der Waals surface area (Å²) in [5, 5.41) is 4.28. The molecule has 9 heteroatoms. The van der Waals surface area contributed by atoms with Gasteiger partial charge in [-0.25, -0.2) is 9.97 Å². The number of nitrogens with one attached hydrogen (secondary N) is 2. The van der Waals surface area contributed by atoms with E-state index in [0.29, 0.717) is 37.4 Å². The molecule has 1 aliphatic rings. The van der Waals surface area contributed by atoms with Crippen molar-refractivity contribution in [3.8, 4) is 0 Å². The van der Waals surface area contributed by atoms with Crippen LogP contribution in [0.25, 0.3) is 11.0 Å². The van der Waals surface area contributed by atoms with Crippen LogP contribution in [0.1, 0.15) is 28.8 Å². The largest absolute Gasteiger partial charge is 0.346 e. The maximum atomic E-state index is 14.8. The van der Waals surface area contributed by atoms with Crippen molar-refractivity contribution in [2.45, 2.75) is 19.4 Å². The fourth-order valence-electron chi connectivity index (χ4n) is 5.31. The predicted molar refractivity (Wildman–Crippen MR) is 165 cm³/mol. The van der Waals surface area contributed by atoms with Crippen LogP contribution in [0.4, 0.5) is 5.82 Å². The molecule has 2 N–H and O–H groups in total. The summed E-state index contributed by atoms with van der Waals surface area (Å²) in [5.41, 5.74) is 3.01. The number of hydrogen-bond acceptors (Lipinski definition) is 6. The summed E-state index contributed by atoms with van der Waals surface area (Å²) in [6.07, 6.45) is 4.75. The molecule has 1 aliphatic heterocycles. The Labute approximate surface area is 245 Å². The molecule has 40 heavy (non-hydrogen) atoms. The van der Waals surface area contributed by atoms with Crippen LogP contribution in [-0.4, -0.2) is 46.2 Å². The molecule has 1 amide bonds. The van der Waals surface area contributed by atoms with Crippen molar-refractivity contribution < 1.29 is 4.79 Å². The number of anilines is 1. The fraction of sp³-hybridized carbons (Fsp3) is 0.226. The van der Waals surface area contributed by atoms with Gasteiger partial charge in [-0.05, 0) is 60.1 Å². The number of piperidine rings is 1. The number of amides is 1. The van der Waals surface area contributed by atoms with Crippen LogP contribution < -0.4 is 10.2 Å². The SMILES string of the molecule is O=C(N(Cc1ccc(Br)s1)c1ncnc2[nH]ccc12)C1(CN=C(c2ccccc2)c2ccccc2)CCNCC1. The summed E-state index contributed by atoms with van der Waals surface area (Å²) in [7, 11) is 0. The third kappa shape index (κ3) is 5.50. The molecule has 202 valence electrons. The van der Waals surface area contributed by atoms with Crippen LogP contribution in [0.2, 0.25) is 0 Å². The lowest BCUT2D eigenvalue weighted by atomic mass is 9.77. The highest BCUT2D eigenvalue weighted by molar-refractivity contribution is 9.11. The number of benzene rings is 2. The fourth-order valence-corrected chi connectivity index (χ4v) is 6.78. The Morgan fingerprint density at radius 1 is 0.950 bits per heavy atom. The van der Waals surface area contributed by atoms with Crippen LogP contribution in [0, 0.1) is 5.41 Å². The van der Waals surface area contributed by atoms with Crippen LogP contribution >= 0.6 is 27.3 Å². The van der Waals surface area contributed by atoms with Crippen molar-refractivity contribution in [1.29, 1.82) is 0 Å². The van der Waals surface area contributed by atoms with Gasteiger partial charge < -0.3 is 10.3 Å². The van der Waals surface area contributed by atoms with Gasteiger partial charge in [0.1, 0.15) is 17.8 Å². The average molecular weight is 614 g/mol. The first kappa shape index (κ1) is 26.6. The Morgan fingerprint density at radius 3 is 2.30 bits per heavy atom. The van der Waals surface area contributed by atoms with Gasteiger partial charge in [-0.15, -0.1) is 11.3 Å². The molecule has 6 rings (SSSR count). The van der Waals surface area contributed by atoms with Crippen molar-refractivity contribution in [2.75, 3.05) is 24.5 Å². The van der Waals surface area contributed by atoms with E-state index in [0.717, 1.165) is 44.0 Å². The molecule has 3 aromatic heterocycles. The molecular weight excluding hydrogens is 584 g/mol. The van der Waals surface area contributed by atoms with Crippen molar-refractivity contribution in [3.05, 3.63) is 111 Å². The number of halogens is 1. The highest BCUT2D eigenvalue weighted by atomic mass is 79.9. The molecule has 1 saturated heterocycles. The number of nitrogens with zero attached hydrogens (tertiary/aromatic N) is 4. The van der Waals surface area contributed by atoms with E-state index < -0.39 is 5.41 Å². The minimum Gasteiger partial charge on any atom is -0.346 e. The molecule has 0 atom stereocenters. The molecular formula is C31H29BrN6OS. The predicted octanol–water partition coefficient (Wildman–Crippen LogP) is 6.22. The normalized spacial score (nSPS) is 14.6. The lowest BCUT2D eigenvalue weighted by Gasteiger charge is -2.39. The van der Waals surface area contributed by atoms with Gasteiger partial charge in [0.15, 0.2) is 0 Å². The Balaban J connectivity index is 1.43. The number of rotatable bonds is 8. The van der Waals surface area contributed by atoms with E-state index in [1.54, 1.807) is 11.3 Å². The zero-order chi connectivity index (χ0) is 27.4. The van der Waals surface area contributed by atoms with Gasteiger partial charge >= 0.3 is 0 Å². The molecule has 0 aliphatic carbocycles. The first-order chi connectivity index (χ1) is 19.6. The van der Waals surface area contributed by atoms with E-state index in [-0.39, 0.29) is 5.91 Å². The van der Waals surface area contributed by atoms with Gasteiger partial charge in [-0.3, -0.25) is 14.7 Å². The van der Waals surface area contributed by atoms with Gasteiger partial charge in [0.2, 0.25) is 5.91 Å². The smallest absolute Gasteiger partial charge is 0.236 e. The number of carbonyl (C=O) groups is 1. The summed E-state index contributed by atoms with van der Waals surface area (Å²) < 4.78 is 1.03. The number of H-pyrrole nitrogens is 1. The Bertz CT molecular complexity index is 1580. The zero-order valence-electron chi connectivity index (χ0n) is 21.9. The van der Waals surface area contributed by atoms with Gasteiger partial charge in [0.25, 0.3) is 0 Å². The van der Waals surface area contributed by atoms with E-state index in [2.05, 4.69) is 66.5 Å². The van der Waals surface area contributed by atoms with E-state index >= 15 is 0 Å². The summed E-state index contributed by atoms with van der Waals surface area (Å²) in [6.45, 7) is 2.33. The summed E-state index contributed by atoms with van der Waals surface area (Å²) in [5.74, 6) is 0.665. The van der Waals surface area contributed by atoms with Crippen molar-refractivity contribution >= 4 is 55.7 Å². The third-order valence-electron chi connectivity index (χ3n) is 7.43. The van der Waals surface area contributed by atoms with Crippen LogP contribution in [0.15, 0.2) is 100 Å². The van der Waals surface area contributed by atoms with Gasteiger partial charge in [0.05, 0.1) is 33.4 Å². The molecule has 0 spiro atoms. The van der Waals surface area contributed by atoms with E-state index in [1.165, 1.54) is 6.33 Å². The second kappa shape index (κ2) is 11.8. The Morgan fingerprint density at radius 2 is 1.65 bits per heavy atom. The molecule has 4 heterocycles. The zero-order valence-corrected chi connectivity index (χ0v) is 24.3. The van der Waals surface area contributed by atoms with E-state index in [1.807, 2.05) is 59.6 Å². The topological polar surface area (TPSA) is 86.3 Å². The molecule has 5 aromatic rings. The lowest BCUT2D eigenvalue weighted by molar-refractivity contribution is -0.129. The van der Waals surface area contributed by atoms with Crippen LogP contribution in [-0.2, 0) is 11.3 Å². The molecule has 0 unspecified atom stereocenters. The van der Waals surface area contributed by atoms with Crippen LogP contribution in [0.3, 0.4) is 0 Å².